The highest BCUT2D eigenvalue weighted by Crippen LogP contribution is 2.35. The van der Waals surface area contributed by atoms with Crippen molar-refractivity contribution in [2.75, 3.05) is 12.3 Å². The first-order chi connectivity index (χ1) is 11.5. The van der Waals surface area contributed by atoms with Gasteiger partial charge in [0.05, 0.1) is 11.8 Å². The van der Waals surface area contributed by atoms with Crippen LogP contribution in [0, 0.1) is 0 Å². The molecule has 0 N–H and O–H groups in total. The van der Waals surface area contributed by atoms with E-state index in [1.807, 2.05) is 54.6 Å². The minimum atomic E-state index is -3.84. The Bertz CT molecular complexity index is 833. The van der Waals surface area contributed by atoms with Crippen LogP contribution < -0.4 is 0 Å². The molecule has 0 saturated heterocycles. The number of carbonyl (C=O) groups excluding carboxylic acids is 1. The lowest BCUT2D eigenvalue weighted by molar-refractivity contribution is 0.138. The Morgan fingerprint density at radius 3 is 2.50 bits per heavy atom. The maximum Gasteiger partial charge on any atom is 0.426 e. The lowest BCUT2D eigenvalue weighted by Crippen LogP contribution is -2.41. The molecule has 2 aromatic carbocycles. The normalized spacial score (nSPS) is 17.2. The molecular weight excluding hydrogens is 326 g/mol. The van der Waals surface area contributed by atoms with Crippen molar-refractivity contribution in [2.45, 2.75) is 19.4 Å². The highest BCUT2D eigenvalue weighted by atomic mass is 32.2. The second kappa shape index (κ2) is 6.65. The number of hydrogen-bond donors (Lipinski definition) is 0. The van der Waals surface area contributed by atoms with Gasteiger partial charge in [-0.25, -0.2) is 4.79 Å². The van der Waals surface area contributed by atoms with E-state index < -0.39 is 16.2 Å². The Morgan fingerprint density at radius 2 is 1.79 bits per heavy atom. The minimum Gasteiger partial charge on any atom is -0.328 e. The van der Waals surface area contributed by atoms with Crippen molar-refractivity contribution < 1.29 is 17.4 Å². The third kappa shape index (κ3) is 3.28. The molecule has 0 saturated carbocycles. The van der Waals surface area contributed by atoms with Crippen LogP contribution in [0.25, 0.3) is 0 Å². The SMILES string of the molecule is CCS(=O)(=O)OC(=O)N1CCc2ccccc2[C@H]1c1ccccc1. The topological polar surface area (TPSA) is 63.7 Å². The largest absolute Gasteiger partial charge is 0.426 e. The Hall–Kier alpha value is -2.34. The predicted octanol–water partition coefficient (Wildman–Crippen LogP) is 3.12. The third-order valence-electron chi connectivity index (χ3n) is 4.19. The first-order valence-corrected chi connectivity index (χ1v) is 9.45. The lowest BCUT2D eigenvalue weighted by atomic mass is 9.88. The molecule has 1 aliphatic rings. The molecule has 1 heterocycles. The molecule has 3 rings (SSSR count). The van der Waals surface area contributed by atoms with Gasteiger partial charge in [-0.2, -0.15) is 8.42 Å². The van der Waals surface area contributed by atoms with Gasteiger partial charge in [0.1, 0.15) is 0 Å². The van der Waals surface area contributed by atoms with Crippen molar-refractivity contribution in [3.05, 3.63) is 71.3 Å². The molecular formula is C18H19NO4S. The fraction of sp³-hybridized carbons (Fsp3) is 0.278. The van der Waals surface area contributed by atoms with Gasteiger partial charge in [0.25, 0.3) is 0 Å². The van der Waals surface area contributed by atoms with Gasteiger partial charge in [0.2, 0.25) is 0 Å². The number of rotatable bonds is 3. The summed E-state index contributed by atoms with van der Waals surface area (Å²) < 4.78 is 28.1. The van der Waals surface area contributed by atoms with E-state index in [0.29, 0.717) is 13.0 Å². The quantitative estimate of drug-likeness (QED) is 0.802. The smallest absolute Gasteiger partial charge is 0.328 e. The summed E-state index contributed by atoms with van der Waals surface area (Å²) in [5.41, 5.74) is 3.09. The van der Waals surface area contributed by atoms with E-state index >= 15 is 0 Å². The second-order valence-corrected chi connectivity index (χ2v) is 7.51. The Labute approximate surface area is 142 Å². The monoisotopic (exact) mass is 345 g/mol. The summed E-state index contributed by atoms with van der Waals surface area (Å²) >= 11 is 0. The van der Waals surface area contributed by atoms with E-state index in [1.165, 1.54) is 11.8 Å². The minimum absolute atomic E-state index is 0.237. The average molecular weight is 345 g/mol. The average Bonchev–Trinajstić information content (AvgIpc) is 2.61. The maximum atomic E-state index is 12.5. The van der Waals surface area contributed by atoms with Gasteiger partial charge in [-0.3, -0.25) is 4.90 Å². The fourth-order valence-electron chi connectivity index (χ4n) is 2.97. The van der Waals surface area contributed by atoms with Crippen LogP contribution in [0.4, 0.5) is 4.79 Å². The highest BCUT2D eigenvalue weighted by molar-refractivity contribution is 7.87. The third-order valence-corrected chi connectivity index (χ3v) is 5.29. The van der Waals surface area contributed by atoms with E-state index in [1.54, 1.807) is 0 Å². The summed E-state index contributed by atoms with van der Waals surface area (Å²) in [5.74, 6) is -0.237. The van der Waals surface area contributed by atoms with Crippen LogP contribution in [0.1, 0.15) is 29.7 Å². The lowest BCUT2D eigenvalue weighted by Gasteiger charge is -2.36. The molecule has 0 fully saturated rings. The molecule has 126 valence electrons. The Balaban J connectivity index is 2.01. The molecule has 0 spiro atoms. The molecule has 0 unspecified atom stereocenters. The zero-order chi connectivity index (χ0) is 17.2. The summed E-state index contributed by atoms with van der Waals surface area (Å²) in [6.45, 7) is 1.86. The van der Waals surface area contributed by atoms with Gasteiger partial charge in [0, 0.05) is 6.54 Å². The van der Waals surface area contributed by atoms with Crippen LogP contribution >= 0.6 is 0 Å². The first-order valence-electron chi connectivity index (χ1n) is 7.87. The predicted molar refractivity (Wildman–Crippen MR) is 91.1 cm³/mol. The molecule has 0 aliphatic carbocycles. The number of hydrogen-bond acceptors (Lipinski definition) is 4. The summed E-state index contributed by atoms with van der Waals surface area (Å²) in [6, 6.07) is 17.1. The molecule has 1 amide bonds. The molecule has 24 heavy (non-hydrogen) atoms. The molecule has 0 bridgehead atoms. The van der Waals surface area contributed by atoms with Crippen molar-refractivity contribution in [3.63, 3.8) is 0 Å². The van der Waals surface area contributed by atoms with E-state index in [0.717, 1.165) is 16.7 Å². The van der Waals surface area contributed by atoms with Crippen molar-refractivity contribution in [3.8, 4) is 0 Å². The van der Waals surface area contributed by atoms with Crippen molar-refractivity contribution in [2.24, 2.45) is 0 Å². The van der Waals surface area contributed by atoms with Crippen LogP contribution in [0.5, 0.6) is 0 Å². The first kappa shape index (κ1) is 16.5. The van der Waals surface area contributed by atoms with Crippen LogP contribution in [-0.2, 0) is 20.7 Å². The van der Waals surface area contributed by atoms with Gasteiger partial charge >= 0.3 is 16.2 Å². The number of carbonyl (C=O) groups is 1. The standard InChI is InChI=1S/C18H19NO4S/c1-2-24(21,22)23-18(20)19-13-12-14-8-6-7-11-16(14)17(19)15-9-4-3-5-10-15/h3-11,17H,2,12-13H2,1H3/t17-/m1/s1. The number of amides is 1. The summed E-state index contributed by atoms with van der Waals surface area (Å²) in [7, 11) is -3.84. The van der Waals surface area contributed by atoms with Crippen LogP contribution in [0.3, 0.4) is 0 Å². The number of benzene rings is 2. The zero-order valence-electron chi connectivity index (χ0n) is 13.4. The van der Waals surface area contributed by atoms with Gasteiger partial charge in [-0.05, 0) is 30.0 Å². The van der Waals surface area contributed by atoms with Gasteiger partial charge < -0.3 is 4.18 Å². The van der Waals surface area contributed by atoms with E-state index in [2.05, 4.69) is 0 Å². The summed E-state index contributed by atoms with van der Waals surface area (Å²) in [5, 5.41) is 0. The van der Waals surface area contributed by atoms with Crippen LogP contribution in [-0.4, -0.2) is 31.7 Å². The van der Waals surface area contributed by atoms with Crippen LogP contribution in [0.2, 0.25) is 0 Å². The number of nitrogens with zero attached hydrogens (tertiary/aromatic N) is 1. The van der Waals surface area contributed by atoms with Gasteiger partial charge in [-0.15, -0.1) is 0 Å². The van der Waals surface area contributed by atoms with Crippen molar-refractivity contribution in [1.82, 2.24) is 4.90 Å². The zero-order valence-corrected chi connectivity index (χ0v) is 14.2. The van der Waals surface area contributed by atoms with Crippen LogP contribution in [0.15, 0.2) is 54.6 Å². The van der Waals surface area contributed by atoms with Crippen molar-refractivity contribution >= 4 is 16.2 Å². The molecule has 1 aliphatic heterocycles. The highest BCUT2D eigenvalue weighted by Gasteiger charge is 2.34. The van der Waals surface area contributed by atoms with E-state index in [-0.39, 0.29) is 11.8 Å². The molecule has 1 atom stereocenters. The molecule has 6 heteroatoms. The van der Waals surface area contributed by atoms with Gasteiger partial charge in [0.15, 0.2) is 0 Å². The molecule has 0 radical (unpaired) electrons. The maximum absolute atomic E-state index is 12.5. The van der Waals surface area contributed by atoms with Gasteiger partial charge in [-0.1, -0.05) is 54.6 Å². The Morgan fingerprint density at radius 1 is 1.12 bits per heavy atom. The second-order valence-electron chi connectivity index (χ2n) is 5.65. The Kier molecular flexibility index (Phi) is 4.57. The van der Waals surface area contributed by atoms with E-state index in [9.17, 15) is 13.2 Å². The fourth-order valence-corrected chi connectivity index (χ4v) is 3.40. The van der Waals surface area contributed by atoms with Crippen molar-refractivity contribution in [1.29, 1.82) is 0 Å². The molecule has 5 nitrogen and oxygen atoms in total. The molecule has 2 aromatic rings. The summed E-state index contributed by atoms with van der Waals surface area (Å²) in [6.07, 6.45) is -0.152. The molecule has 0 aromatic heterocycles. The number of fused-ring (bicyclic) bond motifs is 1. The van der Waals surface area contributed by atoms with E-state index in [4.69, 9.17) is 4.18 Å². The summed E-state index contributed by atoms with van der Waals surface area (Å²) in [4.78, 5) is 14.0.